The van der Waals surface area contributed by atoms with Gasteiger partial charge in [0.1, 0.15) is 12.6 Å². The number of hydrogen-bond acceptors (Lipinski definition) is 4. The number of amides is 2. The van der Waals surface area contributed by atoms with E-state index < -0.39 is 28.5 Å². The lowest BCUT2D eigenvalue weighted by Crippen LogP contribution is -2.52. The summed E-state index contributed by atoms with van der Waals surface area (Å²) in [6.07, 6.45) is 0.732. The molecule has 10 heteroatoms. The van der Waals surface area contributed by atoms with Gasteiger partial charge in [0.2, 0.25) is 11.8 Å². The third kappa shape index (κ3) is 7.86. The minimum atomic E-state index is -4.16. The van der Waals surface area contributed by atoms with Gasteiger partial charge in [-0.2, -0.15) is 0 Å². The highest BCUT2D eigenvalue weighted by molar-refractivity contribution is 9.10. The van der Waals surface area contributed by atoms with E-state index in [9.17, 15) is 18.0 Å². The van der Waals surface area contributed by atoms with Crippen molar-refractivity contribution in [1.29, 1.82) is 0 Å². The van der Waals surface area contributed by atoms with Crippen LogP contribution in [0.5, 0.6) is 0 Å². The summed E-state index contributed by atoms with van der Waals surface area (Å²) < 4.78 is 29.8. The Labute approximate surface area is 250 Å². The van der Waals surface area contributed by atoms with E-state index in [-0.39, 0.29) is 29.1 Å². The average Bonchev–Trinajstić information content (AvgIpc) is 2.92. The molecular weight excluding hydrogens is 614 g/mol. The van der Waals surface area contributed by atoms with Crippen LogP contribution in [-0.2, 0) is 26.2 Å². The first-order chi connectivity index (χ1) is 18.8. The van der Waals surface area contributed by atoms with Gasteiger partial charge >= 0.3 is 0 Å². The van der Waals surface area contributed by atoms with Gasteiger partial charge in [0, 0.05) is 22.1 Å². The SMILES string of the molecule is CC[C@H](C)NC(=O)[C@H](C)N(Cc1ccc(Br)cc1)C(=O)CN(c1ccc(C)c(Cl)c1)S(=O)(=O)c1ccc(C)cc1. The van der Waals surface area contributed by atoms with Crippen LogP contribution in [0, 0.1) is 13.8 Å². The van der Waals surface area contributed by atoms with Crippen molar-refractivity contribution in [3.63, 3.8) is 0 Å². The van der Waals surface area contributed by atoms with Crippen LogP contribution in [-0.4, -0.2) is 43.8 Å². The highest BCUT2D eigenvalue weighted by atomic mass is 79.9. The Hall–Kier alpha value is -2.88. The lowest BCUT2D eigenvalue weighted by Gasteiger charge is -2.32. The Bertz CT molecular complexity index is 1450. The van der Waals surface area contributed by atoms with Crippen molar-refractivity contribution in [2.45, 2.75) is 64.6 Å². The molecule has 3 rings (SSSR count). The lowest BCUT2D eigenvalue weighted by atomic mass is 10.1. The largest absolute Gasteiger partial charge is 0.352 e. The van der Waals surface area contributed by atoms with E-state index in [1.807, 2.05) is 52.0 Å². The molecule has 214 valence electrons. The van der Waals surface area contributed by atoms with Crippen LogP contribution >= 0.6 is 27.5 Å². The molecular formula is C30H35BrClN3O4S. The van der Waals surface area contributed by atoms with Gasteiger partial charge in [-0.15, -0.1) is 0 Å². The van der Waals surface area contributed by atoms with E-state index in [1.165, 1.54) is 23.1 Å². The Morgan fingerprint density at radius 3 is 2.17 bits per heavy atom. The summed E-state index contributed by atoms with van der Waals surface area (Å²) in [5, 5.41) is 3.31. The van der Waals surface area contributed by atoms with E-state index in [2.05, 4.69) is 21.2 Å². The molecule has 0 aliphatic heterocycles. The van der Waals surface area contributed by atoms with Crippen molar-refractivity contribution < 1.29 is 18.0 Å². The molecule has 0 radical (unpaired) electrons. The maximum Gasteiger partial charge on any atom is 0.264 e. The number of hydrogen-bond donors (Lipinski definition) is 1. The topological polar surface area (TPSA) is 86.8 Å². The second-order valence-electron chi connectivity index (χ2n) is 9.90. The van der Waals surface area contributed by atoms with Gasteiger partial charge in [0.05, 0.1) is 10.6 Å². The molecule has 0 aliphatic rings. The number of rotatable bonds is 11. The fourth-order valence-electron chi connectivity index (χ4n) is 3.94. The number of nitrogens with one attached hydrogen (secondary N) is 1. The Kier molecular flexibility index (Phi) is 10.8. The minimum Gasteiger partial charge on any atom is -0.352 e. The van der Waals surface area contributed by atoms with Crippen molar-refractivity contribution in [3.8, 4) is 0 Å². The van der Waals surface area contributed by atoms with Crippen molar-refractivity contribution in [3.05, 3.63) is 92.9 Å². The summed E-state index contributed by atoms with van der Waals surface area (Å²) in [5.41, 5.74) is 2.73. The zero-order chi connectivity index (χ0) is 29.6. The first kappa shape index (κ1) is 31.6. The molecule has 3 aromatic rings. The number of sulfonamides is 1. The molecule has 0 saturated heterocycles. The van der Waals surface area contributed by atoms with Gasteiger partial charge in [-0.1, -0.05) is 70.3 Å². The summed E-state index contributed by atoms with van der Waals surface area (Å²) >= 11 is 9.79. The molecule has 0 aromatic heterocycles. The van der Waals surface area contributed by atoms with Crippen molar-refractivity contribution in [2.75, 3.05) is 10.8 Å². The predicted molar refractivity (Wildman–Crippen MR) is 164 cm³/mol. The smallest absolute Gasteiger partial charge is 0.264 e. The van der Waals surface area contributed by atoms with Gasteiger partial charge in [0.25, 0.3) is 10.0 Å². The van der Waals surface area contributed by atoms with Crippen LogP contribution in [0.1, 0.15) is 43.9 Å². The number of aryl methyl sites for hydroxylation is 2. The zero-order valence-electron chi connectivity index (χ0n) is 23.3. The Morgan fingerprint density at radius 1 is 0.975 bits per heavy atom. The molecule has 0 heterocycles. The standard InChI is InChI=1S/C30H35BrClN3O4S/c1-6-22(4)33-30(37)23(5)34(18-24-10-12-25(31)13-11-24)29(36)19-35(26-14-9-21(3)28(32)17-26)40(38,39)27-15-7-20(2)8-16-27/h7-17,22-23H,6,18-19H2,1-5H3,(H,33,37)/t22-,23-/m0/s1. The number of carbonyl (C=O) groups excluding carboxylic acids is 2. The molecule has 7 nitrogen and oxygen atoms in total. The summed E-state index contributed by atoms with van der Waals surface area (Å²) in [4.78, 5) is 28.6. The minimum absolute atomic E-state index is 0.0459. The quantitative estimate of drug-likeness (QED) is 0.267. The first-order valence-corrected chi connectivity index (χ1v) is 15.6. The average molecular weight is 649 g/mol. The number of halogens is 2. The van der Waals surface area contributed by atoms with Crippen LogP contribution in [0.15, 0.2) is 76.1 Å². The molecule has 0 fully saturated rings. The first-order valence-electron chi connectivity index (χ1n) is 13.0. The van der Waals surface area contributed by atoms with Crippen molar-refractivity contribution >= 4 is 55.1 Å². The summed E-state index contributed by atoms with van der Waals surface area (Å²) in [6, 6.07) is 17.8. The number of carbonyl (C=O) groups is 2. The van der Waals surface area contributed by atoms with Gasteiger partial charge in [-0.05, 0) is 81.6 Å². The molecule has 0 spiro atoms. The predicted octanol–water partition coefficient (Wildman–Crippen LogP) is 6.25. The molecule has 1 N–H and O–H groups in total. The molecule has 2 amide bonds. The van der Waals surface area contributed by atoms with E-state index >= 15 is 0 Å². The second-order valence-corrected chi connectivity index (χ2v) is 13.1. The Morgan fingerprint density at radius 2 is 1.60 bits per heavy atom. The van der Waals surface area contributed by atoms with Gasteiger partial charge in [0.15, 0.2) is 0 Å². The van der Waals surface area contributed by atoms with Gasteiger partial charge < -0.3 is 10.2 Å². The second kappa shape index (κ2) is 13.7. The van der Waals surface area contributed by atoms with E-state index in [1.54, 1.807) is 31.2 Å². The number of nitrogens with zero attached hydrogens (tertiary/aromatic N) is 2. The fraction of sp³-hybridized carbons (Fsp3) is 0.333. The maximum absolute atomic E-state index is 14.0. The molecule has 40 heavy (non-hydrogen) atoms. The molecule has 0 saturated carbocycles. The highest BCUT2D eigenvalue weighted by Gasteiger charge is 2.33. The summed E-state index contributed by atoms with van der Waals surface area (Å²) in [6.45, 7) is 8.78. The summed E-state index contributed by atoms with van der Waals surface area (Å²) in [5.74, 6) is -0.840. The van der Waals surface area contributed by atoms with Crippen LogP contribution in [0.2, 0.25) is 5.02 Å². The molecule has 0 aliphatic carbocycles. The lowest BCUT2D eigenvalue weighted by molar-refractivity contribution is -0.139. The zero-order valence-corrected chi connectivity index (χ0v) is 26.5. The fourth-order valence-corrected chi connectivity index (χ4v) is 5.78. The molecule has 0 bridgehead atoms. The maximum atomic E-state index is 14.0. The molecule has 2 atom stereocenters. The normalized spacial score (nSPS) is 12.9. The van der Waals surface area contributed by atoms with Gasteiger partial charge in [-0.3, -0.25) is 13.9 Å². The van der Waals surface area contributed by atoms with Crippen LogP contribution in [0.25, 0.3) is 0 Å². The highest BCUT2D eigenvalue weighted by Crippen LogP contribution is 2.29. The molecule has 3 aromatic carbocycles. The molecule has 0 unspecified atom stereocenters. The van der Waals surface area contributed by atoms with E-state index in [4.69, 9.17) is 11.6 Å². The third-order valence-corrected chi connectivity index (χ3v) is 9.49. The van der Waals surface area contributed by atoms with Crippen molar-refractivity contribution in [2.24, 2.45) is 0 Å². The van der Waals surface area contributed by atoms with E-state index in [0.717, 1.165) is 31.9 Å². The third-order valence-electron chi connectivity index (χ3n) is 6.77. The van der Waals surface area contributed by atoms with Crippen LogP contribution < -0.4 is 9.62 Å². The summed E-state index contributed by atoms with van der Waals surface area (Å²) in [7, 11) is -4.16. The van der Waals surface area contributed by atoms with Gasteiger partial charge in [-0.25, -0.2) is 8.42 Å². The number of benzene rings is 3. The van der Waals surface area contributed by atoms with E-state index in [0.29, 0.717) is 5.02 Å². The number of anilines is 1. The van der Waals surface area contributed by atoms with Crippen LogP contribution in [0.3, 0.4) is 0 Å². The van der Waals surface area contributed by atoms with Crippen molar-refractivity contribution in [1.82, 2.24) is 10.2 Å². The Balaban J connectivity index is 2.04. The van der Waals surface area contributed by atoms with Crippen LogP contribution in [0.4, 0.5) is 5.69 Å². The monoisotopic (exact) mass is 647 g/mol.